The molecule has 178 valence electrons. The van der Waals surface area contributed by atoms with Crippen molar-refractivity contribution in [1.29, 1.82) is 0 Å². The molecule has 0 saturated carbocycles. The van der Waals surface area contributed by atoms with Gasteiger partial charge in [-0.15, -0.1) is 0 Å². The van der Waals surface area contributed by atoms with E-state index in [1.165, 1.54) is 4.31 Å². The van der Waals surface area contributed by atoms with Crippen LogP contribution >= 0.6 is 15.9 Å². The molecule has 0 radical (unpaired) electrons. The molecule has 33 heavy (non-hydrogen) atoms. The highest BCUT2D eigenvalue weighted by Gasteiger charge is 2.35. The number of halogens is 1. The molecule has 1 N–H and O–H groups in total. The molecule has 0 bridgehead atoms. The summed E-state index contributed by atoms with van der Waals surface area (Å²) in [5, 5.41) is 2.88. The van der Waals surface area contributed by atoms with Gasteiger partial charge in [-0.25, -0.2) is 8.42 Å². The molecular formula is C23H28BrN3O5S. The highest BCUT2D eigenvalue weighted by Crippen LogP contribution is 2.37. The number of nitrogens with zero attached hydrogens (tertiary/aromatic N) is 2. The van der Waals surface area contributed by atoms with Crippen LogP contribution in [0.15, 0.2) is 38.1 Å². The minimum atomic E-state index is -3.77. The molecule has 1 aromatic heterocycles. The van der Waals surface area contributed by atoms with E-state index < -0.39 is 10.0 Å². The number of piperidine rings is 1. The van der Waals surface area contributed by atoms with Gasteiger partial charge in [0, 0.05) is 42.1 Å². The molecule has 1 fully saturated rings. The number of amides is 2. The van der Waals surface area contributed by atoms with Gasteiger partial charge < -0.3 is 14.6 Å². The summed E-state index contributed by atoms with van der Waals surface area (Å²) < 4.78 is 34.3. The van der Waals surface area contributed by atoms with E-state index >= 15 is 0 Å². The first kappa shape index (κ1) is 24.0. The summed E-state index contributed by atoms with van der Waals surface area (Å²) in [5.41, 5.74) is 1.64. The summed E-state index contributed by atoms with van der Waals surface area (Å²) in [4.78, 5) is 26.7. The third kappa shape index (κ3) is 4.88. The zero-order chi connectivity index (χ0) is 23.8. The SMILES string of the molecule is CCC(=O)N1CCc2cc(Br)c(S(=O)(=O)N3CCC(C(=O)NCc4ccc(C)o4)CC3)cc21. The maximum Gasteiger partial charge on any atom is 0.244 e. The van der Waals surface area contributed by atoms with E-state index in [2.05, 4.69) is 21.2 Å². The maximum atomic E-state index is 13.4. The van der Waals surface area contributed by atoms with Crippen molar-refractivity contribution in [3.05, 3.63) is 45.8 Å². The monoisotopic (exact) mass is 537 g/mol. The fraction of sp³-hybridized carbons (Fsp3) is 0.478. The standard InChI is InChI=1S/C23H28BrN3O5S/c1-3-22(28)27-11-8-17-12-19(24)21(13-20(17)27)33(30,31)26-9-6-16(7-10-26)23(29)25-14-18-5-4-15(2)32-18/h4-5,12-13,16H,3,6-11,14H2,1-2H3,(H,25,29). The first-order valence-corrected chi connectivity index (χ1v) is 13.4. The van der Waals surface area contributed by atoms with E-state index in [9.17, 15) is 18.0 Å². The van der Waals surface area contributed by atoms with Crippen LogP contribution in [0.2, 0.25) is 0 Å². The fourth-order valence-corrected chi connectivity index (χ4v) is 6.97. The highest BCUT2D eigenvalue weighted by atomic mass is 79.9. The van der Waals surface area contributed by atoms with Crippen molar-refractivity contribution in [3.8, 4) is 0 Å². The molecule has 0 spiro atoms. The van der Waals surface area contributed by atoms with E-state index in [-0.39, 0.29) is 35.7 Å². The van der Waals surface area contributed by atoms with Crippen molar-refractivity contribution in [3.63, 3.8) is 0 Å². The van der Waals surface area contributed by atoms with E-state index in [4.69, 9.17) is 4.42 Å². The van der Waals surface area contributed by atoms with Gasteiger partial charge in [-0.3, -0.25) is 9.59 Å². The predicted octanol–water partition coefficient (Wildman–Crippen LogP) is 3.37. The summed E-state index contributed by atoms with van der Waals surface area (Å²) in [6, 6.07) is 7.09. The smallest absolute Gasteiger partial charge is 0.244 e. The lowest BCUT2D eigenvalue weighted by molar-refractivity contribution is -0.126. The Kier molecular flexibility index (Phi) is 6.97. The molecule has 0 aliphatic carbocycles. The van der Waals surface area contributed by atoms with Crippen LogP contribution in [0.4, 0.5) is 5.69 Å². The van der Waals surface area contributed by atoms with Gasteiger partial charge in [-0.05, 0) is 71.9 Å². The second-order valence-corrected chi connectivity index (χ2v) is 11.2. The average Bonchev–Trinajstić information content (AvgIpc) is 3.41. The molecule has 0 unspecified atom stereocenters. The van der Waals surface area contributed by atoms with E-state index in [1.807, 2.05) is 25.1 Å². The molecule has 8 nitrogen and oxygen atoms in total. The third-order valence-corrected chi connectivity index (χ3v) is 9.16. The van der Waals surface area contributed by atoms with Crippen LogP contribution in [0.1, 0.15) is 43.3 Å². The summed E-state index contributed by atoms with van der Waals surface area (Å²) in [6.45, 7) is 5.06. The van der Waals surface area contributed by atoms with E-state index in [1.54, 1.807) is 17.9 Å². The molecule has 2 aromatic rings. The van der Waals surface area contributed by atoms with Gasteiger partial charge in [-0.1, -0.05) is 6.92 Å². The topological polar surface area (TPSA) is 99.9 Å². The van der Waals surface area contributed by atoms with Crippen molar-refractivity contribution >= 4 is 43.5 Å². The number of aryl methyl sites for hydroxylation is 1. The summed E-state index contributed by atoms with van der Waals surface area (Å²) in [7, 11) is -3.77. The number of hydrogen-bond acceptors (Lipinski definition) is 5. The molecule has 2 amide bonds. The number of carbonyl (C=O) groups is 2. The molecule has 0 atom stereocenters. The third-order valence-electron chi connectivity index (χ3n) is 6.31. The Hall–Kier alpha value is -2.17. The number of furan rings is 1. The molecule has 10 heteroatoms. The Morgan fingerprint density at radius 3 is 2.55 bits per heavy atom. The van der Waals surface area contributed by atoms with Crippen molar-refractivity contribution < 1.29 is 22.4 Å². The van der Waals surface area contributed by atoms with Crippen molar-refractivity contribution in [2.75, 3.05) is 24.5 Å². The number of benzene rings is 1. The molecule has 2 aliphatic heterocycles. The van der Waals surface area contributed by atoms with Crippen LogP contribution < -0.4 is 10.2 Å². The lowest BCUT2D eigenvalue weighted by atomic mass is 9.97. The van der Waals surface area contributed by atoms with Crippen LogP contribution in [-0.4, -0.2) is 44.2 Å². The van der Waals surface area contributed by atoms with Crippen LogP contribution in [0.5, 0.6) is 0 Å². The van der Waals surface area contributed by atoms with Crippen molar-refractivity contribution in [1.82, 2.24) is 9.62 Å². The molecule has 1 aromatic carbocycles. The van der Waals surface area contributed by atoms with Gasteiger partial charge in [0.25, 0.3) is 0 Å². The van der Waals surface area contributed by atoms with Gasteiger partial charge >= 0.3 is 0 Å². The number of sulfonamides is 1. The Balaban J connectivity index is 1.43. The summed E-state index contributed by atoms with van der Waals surface area (Å²) in [6.07, 6.45) is 1.97. The van der Waals surface area contributed by atoms with Gasteiger partial charge in [0.05, 0.1) is 11.4 Å². The number of carbonyl (C=O) groups excluding carboxylic acids is 2. The van der Waals surface area contributed by atoms with E-state index in [0.29, 0.717) is 54.7 Å². The molecule has 2 aliphatic rings. The van der Waals surface area contributed by atoms with Crippen LogP contribution in [0, 0.1) is 12.8 Å². The summed E-state index contributed by atoms with van der Waals surface area (Å²) >= 11 is 3.42. The lowest BCUT2D eigenvalue weighted by Crippen LogP contribution is -2.43. The van der Waals surface area contributed by atoms with Gasteiger partial charge in [0.15, 0.2) is 0 Å². The predicted molar refractivity (Wildman–Crippen MR) is 127 cm³/mol. The Labute approximate surface area is 202 Å². The number of fused-ring (bicyclic) bond motifs is 1. The molecular weight excluding hydrogens is 510 g/mol. The molecule has 4 rings (SSSR count). The average molecular weight is 538 g/mol. The van der Waals surface area contributed by atoms with Gasteiger partial charge in [0.1, 0.15) is 11.5 Å². The van der Waals surface area contributed by atoms with E-state index in [0.717, 1.165) is 11.3 Å². The summed E-state index contributed by atoms with van der Waals surface area (Å²) in [5.74, 6) is 1.13. The zero-order valence-corrected chi connectivity index (χ0v) is 21.2. The second kappa shape index (κ2) is 9.60. The van der Waals surface area contributed by atoms with Crippen molar-refractivity contribution in [2.24, 2.45) is 5.92 Å². The first-order valence-electron chi connectivity index (χ1n) is 11.2. The highest BCUT2D eigenvalue weighted by molar-refractivity contribution is 9.10. The van der Waals surface area contributed by atoms with Gasteiger partial charge in [0.2, 0.25) is 21.8 Å². The Bertz CT molecular complexity index is 1170. The molecule has 1 saturated heterocycles. The van der Waals surface area contributed by atoms with Crippen molar-refractivity contribution in [2.45, 2.75) is 51.0 Å². The zero-order valence-electron chi connectivity index (χ0n) is 18.8. The second-order valence-electron chi connectivity index (χ2n) is 8.47. The van der Waals surface area contributed by atoms with Crippen LogP contribution in [0.3, 0.4) is 0 Å². The Morgan fingerprint density at radius 2 is 1.91 bits per heavy atom. The quantitative estimate of drug-likeness (QED) is 0.608. The first-order chi connectivity index (χ1) is 15.7. The van der Waals surface area contributed by atoms with Gasteiger partial charge in [-0.2, -0.15) is 4.31 Å². The van der Waals surface area contributed by atoms with Crippen LogP contribution in [-0.2, 0) is 32.6 Å². The minimum absolute atomic E-state index is 0.0176. The number of rotatable bonds is 6. The number of anilines is 1. The lowest BCUT2D eigenvalue weighted by Gasteiger charge is -2.31. The fourth-order valence-electron chi connectivity index (χ4n) is 4.43. The minimum Gasteiger partial charge on any atom is -0.465 e. The molecule has 3 heterocycles. The number of hydrogen-bond donors (Lipinski definition) is 1. The largest absolute Gasteiger partial charge is 0.465 e. The Morgan fingerprint density at radius 1 is 1.18 bits per heavy atom. The number of nitrogens with one attached hydrogen (secondary N) is 1. The maximum absolute atomic E-state index is 13.4. The normalized spacial score (nSPS) is 17.2. The van der Waals surface area contributed by atoms with Crippen LogP contribution in [0.25, 0.3) is 0 Å².